The van der Waals surface area contributed by atoms with Gasteiger partial charge in [0.15, 0.2) is 5.82 Å². The van der Waals surface area contributed by atoms with Crippen LogP contribution in [0.1, 0.15) is 36.3 Å². The Morgan fingerprint density at radius 3 is 2.57 bits per heavy atom. The summed E-state index contributed by atoms with van der Waals surface area (Å²) < 4.78 is 0. The number of carbonyl (C=O) groups excluding carboxylic acids is 1. The molecule has 0 fully saturated rings. The lowest BCUT2D eigenvalue weighted by Gasteiger charge is -2.09. The highest BCUT2D eigenvalue weighted by Gasteiger charge is 2.12. The highest BCUT2D eigenvalue weighted by molar-refractivity contribution is 5.95. The Labute approximate surface area is 125 Å². The molecule has 4 heteroatoms. The number of carbonyl (C=O) groups is 1. The van der Waals surface area contributed by atoms with E-state index in [2.05, 4.69) is 29.1 Å². The molecule has 0 unspecified atom stereocenters. The maximum absolute atomic E-state index is 12.1. The highest BCUT2D eigenvalue weighted by atomic mass is 16.1. The first-order valence-electron chi connectivity index (χ1n) is 7.25. The molecule has 2 aromatic rings. The largest absolute Gasteiger partial charge is 0.352 e. The quantitative estimate of drug-likeness (QED) is 0.916. The average molecular weight is 283 g/mol. The van der Waals surface area contributed by atoms with Crippen molar-refractivity contribution < 1.29 is 4.79 Å². The summed E-state index contributed by atoms with van der Waals surface area (Å²) in [6.45, 7) is 6.78. The molecule has 0 radical (unpaired) electrons. The van der Waals surface area contributed by atoms with Crippen molar-refractivity contribution in [1.82, 2.24) is 15.3 Å². The topological polar surface area (TPSA) is 54.9 Å². The van der Waals surface area contributed by atoms with Crippen LogP contribution in [0, 0.1) is 12.8 Å². The summed E-state index contributed by atoms with van der Waals surface area (Å²) in [5.41, 5.74) is 2.19. The number of hydrogen-bond acceptors (Lipinski definition) is 3. The number of aryl methyl sites for hydroxylation is 1. The van der Waals surface area contributed by atoms with Crippen molar-refractivity contribution in [3.63, 3.8) is 0 Å². The van der Waals surface area contributed by atoms with Crippen molar-refractivity contribution in [3.8, 4) is 11.4 Å². The van der Waals surface area contributed by atoms with Gasteiger partial charge in [0.1, 0.15) is 0 Å². The van der Waals surface area contributed by atoms with Crippen molar-refractivity contribution >= 4 is 5.91 Å². The molecule has 0 aliphatic rings. The minimum Gasteiger partial charge on any atom is -0.352 e. The third-order valence-electron chi connectivity index (χ3n) is 3.26. The van der Waals surface area contributed by atoms with Gasteiger partial charge in [-0.2, -0.15) is 0 Å². The van der Waals surface area contributed by atoms with Crippen molar-refractivity contribution in [2.45, 2.75) is 27.2 Å². The van der Waals surface area contributed by atoms with E-state index >= 15 is 0 Å². The normalized spacial score (nSPS) is 10.7. The third kappa shape index (κ3) is 4.12. The van der Waals surface area contributed by atoms with Crippen LogP contribution in [0.3, 0.4) is 0 Å². The standard InChI is InChI=1S/C17H21N3O/c1-12(2)9-10-18-17(21)15-11-19-16(20-13(15)3)14-7-5-4-6-8-14/h4-8,11-12H,9-10H2,1-3H3,(H,18,21). The van der Waals surface area contributed by atoms with E-state index in [0.717, 1.165) is 12.0 Å². The molecule has 0 atom stereocenters. The second kappa shape index (κ2) is 6.97. The minimum atomic E-state index is -0.104. The molecule has 0 saturated heterocycles. The first-order chi connectivity index (χ1) is 10.1. The SMILES string of the molecule is Cc1nc(-c2ccccc2)ncc1C(=O)NCCC(C)C. The summed E-state index contributed by atoms with van der Waals surface area (Å²) in [7, 11) is 0. The van der Waals surface area contributed by atoms with Crippen molar-refractivity contribution in [2.24, 2.45) is 5.92 Å². The van der Waals surface area contributed by atoms with Crippen LogP contribution >= 0.6 is 0 Å². The van der Waals surface area contributed by atoms with Crippen molar-refractivity contribution in [1.29, 1.82) is 0 Å². The Morgan fingerprint density at radius 2 is 1.95 bits per heavy atom. The Kier molecular flexibility index (Phi) is 5.04. The van der Waals surface area contributed by atoms with E-state index in [1.807, 2.05) is 37.3 Å². The molecule has 2 rings (SSSR count). The van der Waals surface area contributed by atoms with Gasteiger partial charge >= 0.3 is 0 Å². The first-order valence-corrected chi connectivity index (χ1v) is 7.25. The molecule has 21 heavy (non-hydrogen) atoms. The summed E-state index contributed by atoms with van der Waals surface area (Å²) >= 11 is 0. The number of nitrogens with one attached hydrogen (secondary N) is 1. The molecule has 1 heterocycles. The van der Waals surface area contributed by atoms with E-state index in [1.54, 1.807) is 6.20 Å². The van der Waals surface area contributed by atoms with E-state index in [0.29, 0.717) is 29.5 Å². The number of rotatable bonds is 5. The van der Waals surface area contributed by atoms with Crippen LogP contribution in [-0.2, 0) is 0 Å². The molecule has 1 aromatic heterocycles. The third-order valence-corrected chi connectivity index (χ3v) is 3.26. The van der Waals surface area contributed by atoms with Crippen molar-refractivity contribution in [2.75, 3.05) is 6.54 Å². The molecule has 0 spiro atoms. The zero-order valence-electron chi connectivity index (χ0n) is 12.8. The summed E-state index contributed by atoms with van der Waals surface area (Å²) in [6.07, 6.45) is 2.57. The van der Waals surface area contributed by atoms with Gasteiger partial charge < -0.3 is 5.32 Å². The van der Waals surface area contributed by atoms with Gasteiger partial charge in [-0.3, -0.25) is 4.79 Å². The molecule has 1 aromatic carbocycles. The van der Waals surface area contributed by atoms with E-state index in [-0.39, 0.29) is 5.91 Å². The number of benzene rings is 1. The first kappa shape index (κ1) is 15.2. The van der Waals surface area contributed by atoms with E-state index in [1.165, 1.54) is 0 Å². The summed E-state index contributed by atoms with van der Waals surface area (Å²) in [6, 6.07) is 9.75. The predicted octanol–water partition coefficient (Wildman–Crippen LogP) is 3.23. The molecule has 4 nitrogen and oxygen atoms in total. The molecule has 0 bridgehead atoms. The molecule has 0 aliphatic carbocycles. The lowest BCUT2D eigenvalue weighted by Crippen LogP contribution is -2.26. The number of amides is 1. The fourth-order valence-electron chi connectivity index (χ4n) is 1.99. The molecular formula is C17H21N3O. The van der Waals surface area contributed by atoms with Crippen LogP contribution < -0.4 is 5.32 Å². The molecular weight excluding hydrogens is 262 g/mol. The zero-order chi connectivity index (χ0) is 15.2. The van der Waals surface area contributed by atoms with Crippen molar-refractivity contribution in [3.05, 3.63) is 47.8 Å². The number of aromatic nitrogens is 2. The van der Waals surface area contributed by atoms with E-state index in [9.17, 15) is 4.79 Å². The average Bonchev–Trinajstić information content (AvgIpc) is 2.47. The van der Waals surface area contributed by atoms with Gasteiger partial charge in [-0.15, -0.1) is 0 Å². The molecule has 0 aliphatic heterocycles. The smallest absolute Gasteiger partial charge is 0.254 e. The zero-order valence-corrected chi connectivity index (χ0v) is 12.8. The molecule has 1 amide bonds. The molecule has 1 N–H and O–H groups in total. The van der Waals surface area contributed by atoms with Gasteiger partial charge in [-0.05, 0) is 19.3 Å². The van der Waals surface area contributed by atoms with Gasteiger partial charge in [0.2, 0.25) is 0 Å². The Balaban J connectivity index is 2.11. The summed E-state index contributed by atoms with van der Waals surface area (Å²) in [5, 5.41) is 2.91. The monoisotopic (exact) mass is 283 g/mol. The number of hydrogen-bond donors (Lipinski definition) is 1. The van der Waals surface area contributed by atoms with Crippen LogP contribution in [0.2, 0.25) is 0 Å². The van der Waals surface area contributed by atoms with Crippen LogP contribution in [-0.4, -0.2) is 22.4 Å². The van der Waals surface area contributed by atoms with E-state index < -0.39 is 0 Å². The van der Waals surface area contributed by atoms with Crippen LogP contribution in [0.5, 0.6) is 0 Å². The van der Waals surface area contributed by atoms with Gasteiger partial charge in [0.25, 0.3) is 5.91 Å². The van der Waals surface area contributed by atoms with E-state index in [4.69, 9.17) is 0 Å². The van der Waals surface area contributed by atoms with Gasteiger partial charge in [0.05, 0.1) is 11.3 Å². The fraction of sp³-hybridized carbons (Fsp3) is 0.353. The number of nitrogens with zero attached hydrogens (tertiary/aromatic N) is 2. The van der Waals surface area contributed by atoms with Crippen LogP contribution in [0.15, 0.2) is 36.5 Å². The maximum Gasteiger partial charge on any atom is 0.254 e. The van der Waals surface area contributed by atoms with Crippen LogP contribution in [0.25, 0.3) is 11.4 Å². The highest BCUT2D eigenvalue weighted by Crippen LogP contribution is 2.15. The Morgan fingerprint density at radius 1 is 1.24 bits per heavy atom. The van der Waals surface area contributed by atoms with Gasteiger partial charge in [0, 0.05) is 18.3 Å². The minimum absolute atomic E-state index is 0.104. The summed E-state index contributed by atoms with van der Waals surface area (Å²) in [4.78, 5) is 20.8. The molecule has 0 saturated carbocycles. The lowest BCUT2D eigenvalue weighted by molar-refractivity contribution is 0.0950. The van der Waals surface area contributed by atoms with Gasteiger partial charge in [-0.25, -0.2) is 9.97 Å². The van der Waals surface area contributed by atoms with Gasteiger partial charge in [-0.1, -0.05) is 44.2 Å². The summed E-state index contributed by atoms with van der Waals surface area (Å²) in [5.74, 6) is 1.11. The fourth-order valence-corrected chi connectivity index (χ4v) is 1.99. The second-order valence-corrected chi connectivity index (χ2v) is 5.50. The predicted molar refractivity (Wildman–Crippen MR) is 84.0 cm³/mol. The Bertz CT molecular complexity index is 609. The Hall–Kier alpha value is -2.23. The maximum atomic E-state index is 12.1. The van der Waals surface area contributed by atoms with Crippen LogP contribution in [0.4, 0.5) is 0 Å². The second-order valence-electron chi connectivity index (χ2n) is 5.50. The molecule has 110 valence electrons. The lowest BCUT2D eigenvalue weighted by atomic mass is 10.1.